The average Bonchev–Trinajstić information content (AvgIpc) is 3.09. The van der Waals surface area contributed by atoms with Gasteiger partial charge in [0.15, 0.2) is 0 Å². The molecule has 2 heterocycles. The largest absolute Gasteiger partial charge is 0.416 e. The van der Waals surface area contributed by atoms with Crippen LogP contribution in [0.3, 0.4) is 0 Å². The number of nitrogens with zero attached hydrogens (tertiary/aromatic N) is 4. The van der Waals surface area contributed by atoms with E-state index in [1.807, 2.05) is 0 Å². The molecule has 0 atom stereocenters. The number of likely N-dealkylation sites (tertiary alicyclic amines) is 1. The second kappa shape index (κ2) is 6.62. The number of benzene rings is 1. The number of rotatable bonds is 3. The molecule has 0 saturated carbocycles. The summed E-state index contributed by atoms with van der Waals surface area (Å²) in [7, 11) is 0. The van der Waals surface area contributed by atoms with Gasteiger partial charge < -0.3 is 4.90 Å². The Morgan fingerprint density at radius 2 is 2.00 bits per heavy atom. The van der Waals surface area contributed by atoms with Crippen LogP contribution in [0.5, 0.6) is 0 Å². The maximum atomic E-state index is 12.7. The first-order valence-electron chi connectivity index (χ1n) is 7.73. The van der Waals surface area contributed by atoms with Gasteiger partial charge in [-0.3, -0.25) is 4.79 Å². The van der Waals surface area contributed by atoms with Crippen LogP contribution in [0.2, 0.25) is 0 Å². The van der Waals surface area contributed by atoms with Crippen molar-refractivity contribution in [1.82, 2.24) is 19.9 Å². The molecule has 3 rings (SSSR count). The molecule has 2 aromatic rings. The van der Waals surface area contributed by atoms with Gasteiger partial charge in [0.2, 0.25) is 5.91 Å². The number of piperidine rings is 1. The minimum atomic E-state index is -4.39. The normalized spacial score (nSPS) is 16.4. The van der Waals surface area contributed by atoms with Crippen molar-refractivity contribution in [3.8, 4) is 0 Å². The Labute approximate surface area is 137 Å². The first kappa shape index (κ1) is 16.5. The van der Waals surface area contributed by atoms with E-state index in [4.69, 9.17) is 0 Å². The summed E-state index contributed by atoms with van der Waals surface area (Å²) in [5.74, 6) is -0.147. The molecule has 0 aliphatic carbocycles. The molecule has 0 radical (unpaired) electrons. The van der Waals surface area contributed by atoms with Crippen molar-refractivity contribution < 1.29 is 18.0 Å². The van der Waals surface area contributed by atoms with Crippen molar-refractivity contribution in [3.05, 3.63) is 47.8 Å². The van der Waals surface area contributed by atoms with Crippen LogP contribution >= 0.6 is 0 Å². The zero-order valence-electron chi connectivity index (χ0n) is 12.9. The second-order valence-electron chi connectivity index (χ2n) is 5.87. The number of hydrogen-bond donors (Lipinski definition) is 0. The lowest BCUT2D eigenvalue weighted by Crippen LogP contribution is -2.40. The number of halogens is 3. The van der Waals surface area contributed by atoms with Gasteiger partial charge >= 0.3 is 6.18 Å². The minimum absolute atomic E-state index is 0.0160. The third-order valence-electron chi connectivity index (χ3n) is 4.24. The van der Waals surface area contributed by atoms with E-state index in [0.717, 1.165) is 25.0 Å². The SMILES string of the molecule is O=C(Cc1cccc(C(F)(F)F)c1)N1CCC(n2ccnn2)CC1. The predicted octanol–water partition coefficient (Wildman–Crippen LogP) is 2.70. The third kappa shape index (κ3) is 3.74. The maximum Gasteiger partial charge on any atom is 0.416 e. The molecule has 1 aliphatic heterocycles. The highest BCUT2D eigenvalue weighted by atomic mass is 19.4. The molecule has 1 fully saturated rings. The molecule has 128 valence electrons. The molecule has 1 amide bonds. The van der Waals surface area contributed by atoms with Crippen LogP contribution in [0.4, 0.5) is 13.2 Å². The van der Waals surface area contributed by atoms with Gasteiger partial charge in [0, 0.05) is 19.3 Å². The van der Waals surface area contributed by atoms with E-state index in [0.29, 0.717) is 18.7 Å². The Morgan fingerprint density at radius 1 is 1.25 bits per heavy atom. The molecule has 5 nitrogen and oxygen atoms in total. The van der Waals surface area contributed by atoms with Gasteiger partial charge in [0.05, 0.1) is 24.2 Å². The number of hydrogen-bond acceptors (Lipinski definition) is 3. The molecular weight excluding hydrogens is 321 g/mol. The Morgan fingerprint density at radius 3 is 2.62 bits per heavy atom. The van der Waals surface area contributed by atoms with Crippen LogP contribution in [0.25, 0.3) is 0 Å². The zero-order chi connectivity index (χ0) is 17.2. The third-order valence-corrected chi connectivity index (χ3v) is 4.24. The van der Waals surface area contributed by atoms with Crippen molar-refractivity contribution in [2.24, 2.45) is 0 Å². The summed E-state index contributed by atoms with van der Waals surface area (Å²) in [6.45, 7) is 1.14. The van der Waals surface area contributed by atoms with Crippen LogP contribution in [-0.4, -0.2) is 38.9 Å². The Balaban J connectivity index is 1.58. The minimum Gasteiger partial charge on any atom is -0.342 e. The van der Waals surface area contributed by atoms with E-state index >= 15 is 0 Å². The zero-order valence-corrected chi connectivity index (χ0v) is 12.9. The van der Waals surface area contributed by atoms with Gasteiger partial charge in [-0.05, 0) is 24.5 Å². The van der Waals surface area contributed by atoms with Crippen molar-refractivity contribution in [2.75, 3.05) is 13.1 Å². The van der Waals surface area contributed by atoms with Gasteiger partial charge in [-0.2, -0.15) is 13.2 Å². The Bertz CT molecular complexity index is 692. The van der Waals surface area contributed by atoms with Crippen molar-refractivity contribution in [2.45, 2.75) is 31.5 Å². The van der Waals surface area contributed by atoms with Gasteiger partial charge in [-0.15, -0.1) is 5.10 Å². The van der Waals surface area contributed by atoms with Gasteiger partial charge in [-0.25, -0.2) is 4.68 Å². The summed E-state index contributed by atoms with van der Waals surface area (Å²) in [4.78, 5) is 14.0. The summed E-state index contributed by atoms with van der Waals surface area (Å²) < 4.78 is 40.0. The summed E-state index contributed by atoms with van der Waals surface area (Å²) in [5.41, 5.74) is -0.342. The van der Waals surface area contributed by atoms with Crippen LogP contribution < -0.4 is 0 Å². The number of carbonyl (C=O) groups excluding carboxylic acids is 1. The monoisotopic (exact) mass is 338 g/mol. The fourth-order valence-corrected chi connectivity index (χ4v) is 2.94. The fourth-order valence-electron chi connectivity index (χ4n) is 2.94. The number of aromatic nitrogens is 3. The molecule has 0 N–H and O–H groups in total. The Kier molecular flexibility index (Phi) is 4.55. The molecule has 1 aromatic heterocycles. The maximum absolute atomic E-state index is 12.7. The van der Waals surface area contributed by atoms with Gasteiger partial charge in [-0.1, -0.05) is 23.4 Å². The highest BCUT2D eigenvalue weighted by Gasteiger charge is 2.31. The number of amides is 1. The van der Waals surface area contributed by atoms with E-state index in [-0.39, 0.29) is 18.4 Å². The van der Waals surface area contributed by atoms with Crippen molar-refractivity contribution >= 4 is 5.91 Å². The molecule has 24 heavy (non-hydrogen) atoms. The molecule has 0 bridgehead atoms. The van der Waals surface area contributed by atoms with E-state index < -0.39 is 11.7 Å². The number of alkyl halides is 3. The first-order valence-corrected chi connectivity index (χ1v) is 7.73. The molecule has 1 saturated heterocycles. The van der Waals surface area contributed by atoms with E-state index in [9.17, 15) is 18.0 Å². The lowest BCUT2D eigenvalue weighted by atomic mass is 10.0. The summed E-state index contributed by atoms with van der Waals surface area (Å²) in [6.07, 6.45) is 0.526. The average molecular weight is 338 g/mol. The molecule has 0 spiro atoms. The molecule has 0 unspecified atom stereocenters. The van der Waals surface area contributed by atoms with E-state index in [2.05, 4.69) is 10.3 Å². The number of carbonyl (C=O) groups is 1. The smallest absolute Gasteiger partial charge is 0.342 e. The van der Waals surface area contributed by atoms with Crippen LogP contribution in [-0.2, 0) is 17.4 Å². The second-order valence-corrected chi connectivity index (χ2v) is 5.87. The van der Waals surface area contributed by atoms with Crippen LogP contribution in [0.1, 0.15) is 30.0 Å². The lowest BCUT2D eigenvalue weighted by molar-refractivity contribution is -0.138. The van der Waals surface area contributed by atoms with Crippen LogP contribution in [0, 0.1) is 0 Å². The van der Waals surface area contributed by atoms with Crippen LogP contribution in [0.15, 0.2) is 36.7 Å². The fraction of sp³-hybridized carbons (Fsp3) is 0.438. The highest BCUT2D eigenvalue weighted by molar-refractivity contribution is 5.78. The summed E-state index contributed by atoms with van der Waals surface area (Å²) in [5, 5.41) is 7.74. The van der Waals surface area contributed by atoms with Gasteiger partial charge in [0.25, 0.3) is 0 Å². The molecule has 1 aromatic carbocycles. The molecular formula is C16H17F3N4O. The highest BCUT2D eigenvalue weighted by Crippen LogP contribution is 2.30. The summed E-state index contributed by atoms with van der Waals surface area (Å²) in [6, 6.07) is 5.15. The topological polar surface area (TPSA) is 51.0 Å². The summed E-state index contributed by atoms with van der Waals surface area (Å²) >= 11 is 0. The lowest BCUT2D eigenvalue weighted by Gasteiger charge is -2.32. The van der Waals surface area contributed by atoms with Crippen molar-refractivity contribution in [3.63, 3.8) is 0 Å². The molecule has 1 aliphatic rings. The Hall–Kier alpha value is -2.38. The molecule has 8 heteroatoms. The quantitative estimate of drug-likeness (QED) is 0.865. The predicted molar refractivity (Wildman–Crippen MR) is 80.0 cm³/mol. The standard InChI is InChI=1S/C16H17F3N4O/c17-16(18,19)13-3-1-2-12(10-13)11-15(24)22-7-4-14(5-8-22)23-9-6-20-21-23/h1-3,6,9-10,14H,4-5,7-8,11H2. The van der Waals surface area contributed by atoms with E-state index in [1.54, 1.807) is 28.0 Å². The van der Waals surface area contributed by atoms with E-state index in [1.165, 1.54) is 6.07 Å². The first-order chi connectivity index (χ1) is 11.4. The van der Waals surface area contributed by atoms with Crippen molar-refractivity contribution in [1.29, 1.82) is 0 Å². The van der Waals surface area contributed by atoms with Gasteiger partial charge in [0.1, 0.15) is 0 Å².